The van der Waals surface area contributed by atoms with Gasteiger partial charge in [-0.1, -0.05) is 11.6 Å². The minimum Gasteiger partial charge on any atom is -0.496 e. The van der Waals surface area contributed by atoms with Gasteiger partial charge in [0.05, 0.1) is 13.3 Å². The van der Waals surface area contributed by atoms with Gasteiger partial charge in [0.1, 0.15) is 5.75 Å². The SMILES string of the molecule is COc1ccc(Cl)cc1CNCc1cnn(C)c1. The van der Waals surface area contributed by atoms with Crippen LogP contribution >= 0.6 is 11.6 Å². The van der Waals surface area contributed by atoms with Crippen LogP contribution in [0.4, 0.5) is 0 Å². The Morgan fingerprint density at radius 1 is 1.39 bits per heavy atom. The number of ether oxygens (including phenoxy) is 1. The molecule has 0 fully saturated rings. The van der Waals surface area contributed by atoms with E-state index in [1.165, 1.54) is 0 Å². The quantitative estimate of drug-likeness (QED) is 0.902. The molecule has 0 amide bonds. The normalized spacial score (nSPS) is 10.6. The Labute approximate surface area is 112 Å². The van der Waals surface area contributed by atoms with Gasteiger partial charge in [0.15, 0.2) is 0 Å². The molecule has 5 heteroatoms. The summed E-state index contributed by atoms with van der Waals surface area (Å²) in [5, 5.41) is 8.18. The lowest BCUT2D eigenvalue weighted by atomic mass is 10.2. The summed E-state index contributed by atoms with van der Waals surface area (Å²) in [5.41, 5.74) is 2.20. The van der Waals surface area contributed by atoms with Gasteiger partial charge < -0.3 is 10.1 Å². The van der Waals surface area contributed by atoms with Crippen LogP contribution in [0.15, 0.2) is 30.6 Å². The van der Waals surface area contributed by atoms with Gasteiger partial charge in [0.2, 0.25) is 0 Å². The van der Waals surface area contributed by atoms with E-state index in [4.69, 9.17) is 16.3 Å². The number of methoxy groups -OCH3 is 1. The van der Waals surface area contributed by atoms with Crippen molar-refractivity contribution in [2.75, 3.05) is 7.11 Å². The van der Waals surface area contributed by atoms with Crippen LogP contribution in [0.3, 0.4) is 0 Å². The van der Waals surface area contributed by atoms with E-state index in [-0.39, 0.29) is 0 Å². The Kier molecular flexibility index (Phi) is 4.23. The van der Waals surface area contributed by atoms with Crippen molar-refractivity contribution in [3.8, 4) is 5.75 Å². The van der Waals surface area contributed by atoms with Gasteiger partial charge in [0, 0.05) is 42.5 Å². The molecule has 0 unspecified atom stereocenters. The number of benzene rings is 1. The molecule has 0 atom stereocenters. The lowest BCUT2D eigenvalue weighted by molar-refractivity contribution is 0.407. The van der Waals surface area contributed by atoms with Crippen LogP contribution in [0.2, 0.25) is 5.02 Å². The predicted octanol–water partition coefficient (Wildman–Crippen LogP) is 2.37. The number of rotatable bonds is 5. The Balaban J connectivity index is 1.95. The average molecular weight is 266 g/mol. The van der Waals surface area contributed by atoms with Gasteiger partial charge in [-0.15, -0.1) is 0 Å². The average Bonchev–Trinajstić information content (AvgIpc) is 2.75. The van der Waals surface area contributed by atoms with Crippen LogP contribution in [-0.2, 0) is 20.1 Å². The standard InChI is InChI=1S/C13H16ClN3O/c1-17-9-10(7-16-17)6-15-8-11-5-12(14)3-4-13(11)18-2/h3-5,7,9,15H,6,8H2,1-2H3. The van der Waals surface area contributed by atoms with Crippen molar-refractivity contribution < 1.29 is 4.74 Å². The second-order valence-corrected chi connectivity index (χ2v) is 4.52. The van der Waals surface area contributed by atoms with Crippen molar-refractivity contribution in [1.29, 1.82) is 0 Å². The van der Waals surface area contributed by atoms with E-state index in [2.05, 4.69) is 10.4 Å². The maximum Gasteiger partial charge on any atom is 0.123 e. The first-order chi connectivity index (χ1) is 8.69. The molecule has 0 spiro atoms. The van der Waals surface area contributed by atoms with Crippen LogP contribution in [0.5, 0.6) is 5.75 Å². The summed E-state index contributed by atoms with van der Waals surface area (Å²) in [5.74, 6) is 0.845. The Hall–Kier alpha value is -1.52. The molecule has 0 aliphatic rings. The third-order valence-electron chi connectivity index (χ3n) is 2.65. The summed E-state index contributed by atoms with van der Waals surface area (Å²) < 4.78 is 7.08. The maximum atomic E-state index is 5.98. The monoisotopic (exact) mass is 265 g/mol. The topological polar surface area (TPSA) is 39.1 Å². The molecule has 0 radical (unpaired) electrons. The molecule has 18 heavy (non-hydrogen) atoms. The third kappa shape index (κ3) is 3.24. The van der Waals surface area contributed by atoms with Crippen molar-refractivity contribution >= 4 is 11.6 Å². The molecule has 1 heterocycles. The Morgan fingerprint density at radius 2 is 2.22 bits per heavy atom. The molecule has 0 bridgehead atoms. The highest BCUT2D eigenvalue weighted by Gasteiger charge is 2.04. The molecule has 1 aromatic heterocycles. The number of nitrogens with zero attached hydrogens (tertiary/aromatic N) is 2. The fourth-order valence-electron chi connectivity index (χ4n) is 1.79. The molecular formula is C13H16ClN3O. The molecule has 0 aliphatic carbocycles. The minimum atomic E-state index is 0.707. The zero-order chi connectivity index (χ0) is 13.0. The predicted molar refractivity (Wildman–Crippen MR) is 71.8 cm³/mol. The van der Waals surface area contributed by atoms with Gasteiger partial charge in [-0.05, 0) is 18.2 Å². The fourth-order valence-corrected chi connectivity index (χ4v) is 1.98. The van der Waals surface area contributed by atoms with Crippen molar-refractivity contribution in [1.82, 2.24) is 15.1 Å². The van der Waals surface area contributed by atoms with Gasteiger partial charge >= 0.3 is 0 Å². The molecule has 2 rings (SSSR count). The summed E-state index contributed by atoms with van der Waals surface area (Å²) in [6, 6.07) is 5.62. The molecule has 4 nitrogen and oxygen atoms in total. The number of hydrogen-bond acceptors (Lipinski definition) is 3. The highest BCUT2D eigenvalue weighted by molar-refractivity contribution is 6.30. The third-order valence-corrected chi connectivity index (χ3v) is 2.88. The molecule has 0 saturated carbocycles. The number of halogens is 1. The van der Waals surface area contributed by atoms with Crippen LogP contribution in [0.25, 0.3) is 0 Å². The summed E-state index contributed by atoms with van der Waals surface area (Å²) in [7, 11) is 3.57. The van der Waals surface area contributed by atoms with Crippen molar-refractivity contribution in [3.63, 3.8) is 0 Å². The second kappa shape index (κ2) is 5.89. The van der Waals surface area contributed by atoms with E-state index < -0.39 is 0 Å². The Morgan fingerprint density at radius 3 is 2.89 bits per heavy atom. The molecule has 96 valence electrons. The van der Waals surface area contributed by atoms with E-state index in [9.17, 15) is 0 Å². The number of aryl methyl sites for hydroxylation is 1. The van der Waals surface area contributed by atoms with E-state index >= 15 is 0 Å². The summed E-state index contributed by atoms with van der Waals surface area (Å²) in [6.07, 6.45) is 3.84. The van der Waals surface area contributed by atoms with Crippen molar-refractivity contribution in [3.05, 3.63) is 46.7 Å². The van der Waals surface area contributed by atoms with Gasteiger partial charge in [-0.25, -0.2) is 0 Å². The fraction of sp³-hybridized carbons (Fsp3) is 0.308. The smallest absolute Gasteiger partial charge is 0.123 e. The van der Waals surface area contributed by atoms with E-state index in [0.29, 0.717) is 11.6 Å². The van der Waals surface area contributed by atoms with Gasteiger partial charge in [0.25, 0.3) is 0 Å². The number of hydrogen-bond donors (Lipinski definition) is 1. The highest BCUT2D eigenvalue weighted by atomic mass is 35.5. The lowest BCUT2D eigenvalue weighted by Crippen LogP contribution is -2.13. The maximum absolute atomic E-state index is 5.98. The first kappa shape index (κ1) is 12.9. The van der Waals surface area contributed by atoms with Crippen LogP contribution in [-0.4, -0.2) is 16.9 Å². The van der Waals surface area contributed by atoms with E-state index in [0.717, 1.165) is 23.4 Å². The number of aromatic nitrogens is 2. The first-order valence-corrected chi connectivity index (χ1v) is 6.07. The number of nitrogens with one attached hydrogen (secondary N) is 1. The molecule has 0 aliphatic heterocycles. The zero-order valence-corrected chi connectivity index (χ0v) is 11.2. The summed E-state index contributed by atoms with van der Waals surface area (Å²) >= 11 is 5.98. The van der Waals surface area contributed by atoms with Gasteiger partial charge in [-0.3, -0.25) is 4.68 Å². The minimum absolute atomic E-state index is 0.707. The van der Waals surface area contributed by atoms with Crippen LogP contribution in [0.1, 0.15) is 11.1 Å². The molecule has 0 saturated heterocycles. The molecular weight excluding hydrogens is 250 g/mol. The molecule has 1 aromatic carbocycles. The summed E-state index contributed by atoms with van der Waals surface area (Å²) in [4.78, 5) is 0. The molecule has 1 N–H and O–H groups in total. The zero-order valence-electron chi connectivity index (χ0n) is 10.5. The van der Waals surface area contributed by atoms with E-state index in [1.807, 2.05) is 37.6 Å². The summed E-state index contributed by atoms with van der Waals surface area (Å²) in [6.45, 7) is 1.47. The van der Waals surface area contributed by atoms with Gasteiger partial charge in [-0.2, -0.15) is 5.10 Å². The first-order valence-electron chi connectivity index (χ1n) is 5.69. The lowest BCUT2D eigenvalue weighted by Gasteiger charge is -2.09. The van der Waals surface area contributed by atoms with Crippen LogP contribution < -0.4 is 10.1 Å². The largest absolute Gasteiger partial charge is 0.496 e. The Bertz CT molecular complexity index is 525. The highest BCUT2D eigenvalue weighted by Crippen LogP contribution is 2.22. The van der Waals surface area contributed by atoms with E-state index in [1.54, 1.807) is 11.8 Å². The van der Waals surface area contributed by atoms with Crippen molar-refractivity contribution in [2.24, 2.45) is 7.05 Å². The van der Waals surface area contributed by atoms with Crippen LogP contribution in [0, 0.1) is 0 Å². The second-order valence-electron chi connectivity index (χ2n) is 4.08. The van der Waals surface area contributed by atoms with Crippen molar-refractivity contribution in [2.45, 2.75) is 13.1 Å². The molecule has 2 aromatic rings.